The van der Waals surface area contributed by atoms with E-state index in [1.807, 2.05) is 7.05 Å². The van der Waals surface area contributed by atoms with Crippen LogP contribution in [0.5, 0.6) is 0 Å². The maximum atomic E-state index is 13.0. The smallest absolute Gasteiger partial charge is 0.320 e. The second-order valence-corrected chi connectivity index (χ2v) is 17.7. The van der Waals surface area contributed by atoms with Crippen molar-refractivity contribution in [2.24, 2.45) is 0 Å². The lowest BCUT2D eigenvalue weighted by Crippen LogP contribution is -2.37. The summed E-state index contributed by atoms with van der Waals surface area (Å²) in [6.45, 7) is 2.07. The first-order valence-electron chi connectivity index (χ1n) is 17.8. The number of fused-ring (bicyclic) bond motifs is 2. The normalized spacial score (nSPS) is 13.9. The Bertz CT molecular complexity index is 2400. The average molecular weight is 827 g/mol. The number of aromatic amines is 2. The number of sulfonamides is 1. The van der Waals surface area contributed by atoms with Crippen molar-refractivity contribution < 1.29 is 25.6 Å². The van der Waals surface area contributed by atoms with Gasteiger partial charge in [-0.15, -0.1) is 0 Å². The van der Waals surface area contributed by atoms with Gasteiger partial charge in [-0.25, -0.2) is 39.5 Å². The monoisotopic (exact) mass is 826 g/mol. The molecule has 0 spiro atoms. The standard InChI is InChI=1S/C18H22FN3O4S.C12H19N3O2.C6H4ClFO2S/c1-21(27(25,26)14-9-7-13(19)8-10-14)11-4-12-22-16-6-3-2-5-15(16)17(23)20-18(22)24;1-13-7-4-8-15-10-6-3-2-5-9(10)11(16)14-12(15)17;7-11(9,10)6-3-1-5(8)2-4-6/h7-10H,2-6,11-12H2,1H3,(H,20,23,24);13H,2-8H2,1H3,(H,14,16,17);1-4H. The summed E-state index contributed by atoms with van der Waals surface area (Å²) < 4.78 is 75.9. The molecule has 6 rings (SSSR count). The predicted molar refractivity (Wildman–Crippen MR) is 205 cm³/mol. The molecule has 300 valence electrons. The number of nitrogens with zero attached hydrogens (tertiary/aromatic N) is 3. The fourth-order valence-corrected chi connectivity index (χ4v) is 8.41. The summed E-state index contributed by atoms with van der Waals surface area (Å²) in [4.78, 5) is 52.3. The Morgan fingerprint density at radius 1 is 0.691 bits per heavy atom. The van der Waals surface area contributed by atoms with Crippen LogP contribution in [0.3, 0.4) is 0 Å². The molecule has 0 aliphatic heterocycles. The van der Waals surface area contributed by atoms with E-state index < -0.39 is 36.4 Å². The minimum absolute atomic E-state index is 0.0185. The fraction of sp³-hybridized carbons (Fsp3) is 0.444. The first kappa shape index (κ1) is 43.5. The van der Waals surface area contributed by atoms with Crippen molar-refractivity contribution in [3.05, 3.63) is 124 Å². The Labute approximate surface area is 321 Å². The van der Waals surface area contributed by atoms with Crippen LogP contribution in [0.15, 0.2) is 77.5 Å². The largest absolute Gasteiger partial charge is 0.328 e. The number of benzene rings is 2. The summed E-state index contributed by atoms with van der Waals surface area (Å²) >= 11 is 0. The van der Waals surface area contributed by atoms with Crippen LogP contribution in [0.1, 0.15) is 61.0 Å². The van der Waals surface area contributed by atoms with E-state index in [0.717, 1.165) is 105 Å². The van der Waals surface area contributed by atoms with Gasteiger partial charge in [0.15, 0.2) is 0 Å². The van der Waals surface area contributed by atoms with E-state index in [4.69, 9.17) is 10.7 Å². The molecule has 0 fully saturated rings. The molecule has 0 atom stereocenters. The lowest BCUT2D eigenvalue weighted by molar-refractivity contribution is 0.435. The molecule has 2 heterocycles. The van der Waals surface area contributed by atoms with Crippen LogP contribution in [0, 0.1) is 11.6 Å². The average Bonchev–Trinajstić information content (AvgIpc) is 3.15. The molecule has 0 bridgehead atoms. The Morgan fingerprint density at radius 3 is 1.55 bits per heavy atom. The van der Waals surface area contributed by atoms with Crippen LogP contribution in [0.2, 0.25) is 0 Å². The number of hydrogen-bond acceptors (Lipinski definition) is 9. The van der Waals surface area contributed by atoms with E-state index in [0.29, 0.717) is 37.9 Å². The zero-order valence-electron chi connectivity index (χ0n) is 30.6. The highest BCUT2D eigenvalue weighted by molar-refractivity contribution is 8.13. The molecule has 0 saturated heterocycles. The van der Waals surface area contributed by atoms with Crippen LogP contribution in [0.25, 0.3) is 0 Å². The Kier molecular flexibility index (Phi) is 15.5. The molecule has 3 N–H and O–H groups in total. The molecule has 2 aliphatic rings. The zero-order chi connectivity index (χ0) is 40.3. The minimum atomic E-state index is -3.72. The summed E-state index contributed by atoms with van der Waals surface area (Å²) in [7, 11) is 0.866. The number of nitrogens with one attached hydrogen (secondary N) is 3. The Balaban J connectivity index is 0.000000204. The molecular formula is C36H45ClF2N6O8S2. The maximum absolute atomic E-state index is 13.0. The van der Waals surface area contributed by atoms with Crippen LogP contribution >= 0.6 is 10.7 Å². The Morgan fingerprint density at radius 2 is 1.11 bits per heavy atom. The van der Waals surface area contributed by atoms with Crippen molar-refractivity contribution in [1.82, 2.24) is 28.7 Å². The topological polar surface area (TPSA) is 193 Å². The van der Waals surface area contributed by atoms with Gasteiger partial charge in [-0.05, 0) is 126 Å². The van der Waals surface area contributed by atoms with Crippen LogP contribution in [-0.2, 0) is 57.8 Å². The third-order valence-electron chi connectivity index (χ3n) is 9.29. The second kappa shape index (κ2) is 19.6. The van der Waals surface area contributed by atoms with E-state index in [9.17, 15) is 44.8 Å². The molecule has 2 aliphatic carbocycles. The van der Waals surface area contributed by atoms with Crippen molar-refractivity contribution in [1.29, 1.82) is 0 Å². The third kappa shape index (κ3) is 11.6. The molecule has 0 saturated carbocycles. The quantitative estimate of drug-likeness (QED) is 0.151. The van der Waals surface area contributed by atoms with Crippen LogP contribution in [-0.4, -0.2) is 67.4 Å². The van der Waals surface area contributed by atoms with Gasteiger partial charge in [0.2, 0.25) is 10.0 Å². The number of rotatable bonds is 11. The first-order chi connectivity index (χ1) is 26.0. The van der Waals surface area contributed by atoms with Crippen LogP contribution in [0.4, 0.5) is 8.78 Å². The zero-order valence-corrected chi connectivity index (χ0v) is 33.0. The lowest BCUT2D eigenvalue weighted by atomic mass is 9.97. The summed E-state index contributed by atoms with van der Waals surface area (Å²) in [6.07, 6.45) is 8.27. The molecule has 0 radical (unpaired) electrons. The van der Waals surface area contributed by atoms with E-state index in [1.165, 1.54) is 23.5 Å². The van der Waals surface area contributed by atoms with Crippen molar-refractivity contribution in [3.8, 4) is 0 Å². The van der Waals surface area contributed by atoms with Crippen molar-refractivity contribution in [2.45, 2.75) is 87.1 Å². The Hall–Kier alpha value is -4.23. The van der Waals surface area contributed by atoms with Gasteiger partial charge in [-0.2, -0.15) is 0 Å². The number of hydrogen-bond donors (Lipinski definition) is 3. The van der Waals surface area contributed by atoms with Gasteiger partial charge < -0.3 is 5.32 Å². The SMILES string of the molecule is CN(CCCn1c2c(c(=O)[nH]c1=O)CCCC2)S(=O)(=O)c1ccc(F)cc1.CNCCCn1c2c(c(=O)[nH]c1=O)CCCC2.O=S(=O)(Cl)c1ccc(F)cc1. The highest BCUT2D eigenvalue weighted by Crippen LogP contribution is 2.19. The number of aromatic nitrogens is 4. The van der Waals surface area contributed by atoms with Crippen LogP contribution < -0.4 is 27.8 Å². The fourth-order valence-electron chi connectivity index (χ4n) is 6.43. The molecular weight excluding hydrogens is 782 g/mol. The maximum Gasteiger partial charge on any atom is 0.328 e. The number of H-pyrrole nitrogens is 2. The molecule has 2 aromatic carbocycles. The van der Waals surface area contributed by atoms with Gasteiger partial charge in [-0.3, -0.25) is 28.7 Å². The molecule has 4 aromatic rings. The van der Waals surface area contributed by atoms with Crippen molar-refractivity contribution in [2.75, 3.05) is 27.2 Å². The van der Waals surface area contributed by atoms with Gasteiger partial charge >= 0.3 is 11.4 Å². The minimum Gasteiger partial charge on any atom is -0.320 e. The van der Waals surface area contributed by atoms with E-state index in [2.05, 4.69) is 15.3 Å². The summed E-state index contributed by atoms with van der Waals surface area (Å²) in [5.41, 5.74) is 1.99. The molecule has 55 heavy (non-hydrogen) atoms. The van der Waals surface area contributed by atoms with E-state index in [1.54, 1.807) is 9.13 Å². The van der Waals surface area contributed by atoms with E-state index in [-0.39, 0.29) is 33.1 Å². The summed E-state index contributed by atoms with van der Waals surface area (Å²) in [5, 5.41) is 3.06. The molecule has 0 amide bonds. The highest BCUT2D eigenvalue weighted by atomic mass is 35.7. The predicted octanol–water partition coefficient (Wildman–Crippen LogP) is 3.04. The van der Waals surface area contributed by atoms with Gasteiger partial charge in [0.1, 0.15) is 11.6 Å². The highest BCUT2D eigenvalue weighted by Gasteiger charge is 2.22. The van der Waals surface area contributed by atoms with Gasteiger partial charge in [0.25, 0.3) is 20.2 Å². The summed E-state index contributed by atoms with van der Waals surface area (Å²) in [6, 6.07) is 8.95. The van der Waals surface area contributed by atoms with Gasteiger partial charge in [0.05, 0.1) is 9.79 Å². The summed E-state index contributed by atoms with van der Waals surface area (Å²) in [5.74, 6) is -0.993. The van der Waals surface area contributed by atoms with Crippen molar-refractivity contribution in [3.63, 3.8) is 0 Å². The van der Waals surface area contributed by atoms with Gasteiger partial charge in [0, 0.05) is 59.9 Å². The second-order valence-electron chi connectivity index (χ2n) is 13.1. The third-order valence-corrected chi connectivity index (χ3v) is 12.5. The van der Waals surface area contributed by atoms with Gasteiger partial charge in [-0.1, -0.05) is 0 Å². The molecule has 19 heteroatoms. The molecule has 2 aromatic heterocycles. The number of halogens is 3. The molecule has 0 unspecified atom stereocenters. The van der Waals surface area contributed by atoms with Crippen molar-refractivity contribution >= 4 is 29.8 Å². The molecule has 14 nitrogen and oxygen atoms in total. The van der Waals surface area contributed by atoms with E-state index >= 15 is 0 Å². The lowest BCUT2D eigenvalue weighted by Gasteiger charge is -2.21. The first-order valence-corrected chi connectivity index (χ1v) is 21.6.